The van der Waals surface area contributed by atoms with Crippen molar-refractivity contribution in [3.05, 3.63) is 34.3 Å². The average molecular weight is 312 g/mol. The van der Waals surface area contributed by atoms with E-state index < -0.39 is 0 Å². The Morgan fingerprint density at radius 1 is 1.44 bits per heavy atom. The number of ether oxygens (including phenoxy) is 1. The highest BCUT2D eigenvalue weighted by Gasteiger charge is 2.34. The van der Waals surface area contributed by atoms with E-state index in [1.165, 1.54) is 0 Å². The number of halogens is 1. The molecule has 0 amide bonds. The lowest BCUT2D eigenvalue weighted by molar-refractivity contribution is -0.126. The zero-order chi connectivity index (χ0) is 13.1. The number of carbonyl (C=O) groups is 1. The van der Waals surface area contributed by atoms with Gasteiger partial charge in [-0.3, -0.25) is 4.79 Å². The summed E-state index contributed by atoms with van der Waals surface area (Å²) in [6.45, 7) is 2.53. The van der Waals surface area contributed by atoms with Crippen LogP contribution in [0.15, 0.2) is 28.7 Å². The Kier molecular flexibility index (Phi) is 4.54. The number of nitrogens with one attached hydrogen (secondary N) is 1. The molecule has 1 aromatic carbocycles. The van der Waals surface area contributed by atoms with Gasteiger partial charge in [0.2, 0.25) is 0 Å². The van der Waals surface area contributed by atoms with E-state index in [1.54, 1.807) is 7.11 Å². The van der Waals surface area contributed by atoms with Crippen LogP contribution in [0.25, 0.3) is 0 Å². The largest absolute Gasteiger partial charge is 0.383 e. The third-order valence-electron chi connectivity index (χ3n) is 3.56. The highest BCUT2D eigenvalue weighted by molar-refractivity contribution is 9.10. The molecule has 0 aliphatic carbocycles. The van der Waals surface area contributed by atoms with Crippen LogP contribution in [-0.4, -0.2) is 25.5 Å². The van der Waals surface area contributed by atoms with Gasteiger partial charge < -0.3 is 10.1 Å². The molecule has 1 fully saturated rings. The first kappa shape index (κ1) is 13.7. The van der Waals surface area contributed by atoms with E-state index in [-0.39, 0.29) is 18.0 Å². The van der Waals surface area contributed by atoms with Gasteiger partial charge in [0, 0.05) is 36.0 Å². The fraction of sp³-hybridized carbons (Fsp3) is 0.500. The van der Waals surface area contributed by atoms with Gasteiger partial charge in [-0.1, -0.05) is 41.1 Å². The maximum Gasteiger partial charge on any atom is 0.139 e. The number of piperidine rings is 1. The lowest BCUT2D eigenvalue weighted by Gasteiger charge is -2.35. The number of Topliss-reactive ketones (excluding diaryl/α,β-unsaturated/α-hetero) is 1. The van der Waals surface area contributed by atoms with Crippen LogP contribution in [0.4, 0.5) is 0 Å². The molecule has 4 heteroatoms. The van der Waals surface area contributed by atoms with E-state index in [9.17, 15) is 4.79 Å². The standard InChI is InChI=1S/C14H18BrNO2/c1-9-13(8-18-2)16-12(7-14(9)17)10-5-3-4-6-11(10)15/h3-6,9,12-13,16H,7-8H2,1-2H3/t9-,12+,13+/m0/s1. The zero-order valence-corrected chi connectivity index (χ0v) is 12.2. The second-order valence-electron chi connectivity index (χ2n) is 4.76. The molecule has 3 nitrogen and oxygen atoms in total. The van der Waals surface area contributed by atoms with Crippen molar-refractivity contribution < 1.29 is 9.53 Å². The second-order valence-corrected chi connectivity index (χ2v) is 5.62. The lowest BCUT2D eigenvalue weighted by Crippen LogP contribution is -2.49. The summed E-state index contributed by atoms with van der Waals surface area (Å²) in [4.78, 5) is 12.1. The van der Waals surface area contributed by atoms with Crippen LogP contribution in [0.3, 0.4) is 0 Å². The molecule has 1 N–H and O–H groups in total. The van der Waals surface area contributed by atoms with Crippen LogP contribution in [0.5, 0.6) is 0 Å². The Morgan fingerprint density at radius 3 is 2.83 bits per heavy atom. The van der Waals surface area contributed by atoms with Gasteiger partial charge in [0.1, 0.15) is 5.78 Å². The number of hydrogen-bond donors (Lipinski definition) is 1. The molecule has 2 rings (SSSR count). The normalized spacial score (nSPS) is 28.4. The van der Waals surface area contributed by atoms with Crippen LogP contribution in [-0.2, 0) is 9.53 Å². The molecule has 0 saturated carbocycles. The molecule has 1 heterocycles. The van der Waals surface area contributed by atoms with Crippen LogP contribution in [0.2, 0.25) is 0 Å². The SMILES string of the molecule is COC[C@H]1N[C@@H](c2ccccc2Br)CC(=O)[C@H]1C. The van der Waals surface area contributed by atoms with E-state index in [1.807, 2.05) is 25.1 Å². The third kappa shape index (κ3) is 2.82. The molecule has 1 saturated heterocycles. The average Bonchev–Trinajstić information content (AvgIpc) is 2.35. The van der Waals surface area contributed by atoms with Crippen molar-refractivity contribution in [2.75, 3.05) is 13.7 Å². The van der Waals surface area contributed by atoms with Gasteiger partial charge in [-0.15, -0.1) is 0 Å². The van der Waals surface area contributed by atoms with Crippen molar-refractivity contribution in [1.29, 1.82) is 0 Å². The Bertz CT molecular complexity index is 436. The van der Waals surface area contributed by atoms with Crippen LogP contribution in [0.1, 0.15) is 24.9 Å². The third-order valence-corrected chi connectivity index (χ3v) is 4.28. The Balaban J connectivity index is 2.20. The predicted molar refractivity (Wildman–Crippen MR) is 74.5 cm³/mol. The van der Waals surface area contributed by atoms with E-state index in [0.29, 0.717) is 18.8 Å². The lowest BCUT2D eigenvalue weighted by atomic mass is 9.85. The Hall–Kier alpha value is -0.710. The Morgan fingerprint density at radius 2 is 2.17 bits per heavy atom. The van der Waals surface area contributed by atoms with Gasteiger partial charge in [-0.25, -0.2) is 0 Å². The summed E-state index contributed by atoms with van der Waals surface area (Å²) >= 11 is 3.54. The molecule has 0 aromatic heterocycles. The number of rotatable bonds is 3. The summed E-state index contributed by atoms with van der Waals surface area (Å²) in [7, 11) is 1.67. The van der Waals surface area contributed by atoms with E-state index in [4.69, 9.17) is 4.74 Å². The minimum absolute atomic E-state index is 0.0173. The van der Waals surface area contributed by atoms with Crippen molar-refractivity contribution in [3.8, 4) is 0 Å². The Labute approximate surface area is 116 Å². The van der Waals surface area contributed by atoms with Crippen molar-refractivity contribution in [2.45, 2.75) is 25.4 Å². The topological polar surface area (TPSA) is 38.3 Å². The highest BCUT2D eigenvalue weighted by atomic mass is 79.9. The summed E-state index contributed by atoms with van der Waals surface area (Å²) in [5, 5.41) is 3.52. The monoisotopic (exact) mass is 311 g/mol. The molecule has 0 bridgehead atoms. The molecule has 98 valence electrons. The van der Waals surface area contributed by atoms with E-state index in [0.717, 1.165) is 10.0 Å². The van der Waals surface area contributed by atoms with Gasteiger partial charge in [0.25, 0.3) is 0 Å². The summed E-state index contributed by atoms with van der Waals surface area (Å²) < 4.78 is 6.23. The molecule has 0 radical (unpaired) electrons. The number of benzene rings is 1. The number of ketones is 1. The van der Waals surface area contributed by atoms with Gasteiger partial charge in [0.15, 0.2) is 0 Å². The van der Waals surface area contributed by atoms with Crippen LogP contribution in [0, 0.1) is 5.92 Å². The maximum absolute atomic E-state index is 12.1. The molecule has 18 heavy (non-hydrogen) atoms. The molecule has 3 atom stereocenters. The fourth-order valence-electron chi connectivity index (χ4n) is 2.40. The smallest absolute Gasteiger partial charge is 0.139 e. The summed E-state index contributed by atoms with van der Waals surface area (Å²) in [5.74, 6) is 0.320. The predicted octanol–water partition coefficient (Wildman–Crippen LogP) is 2.70. The zero-order valence-electron chi connectivity index (χ0n) is 10.7. The molecule has 1 aromatic rings. The summed E-state index contributed by atoms with van der Waals surface area (Å²) in [6.07, 6.45) is 0.546. The van der Waals surface area contributed by atoms with Gasteiger partial charge in [0.05, 0.1) is 6.61 Å². The quantitative estimate of drug-likeness (QED) is 0.932. The highest BCUT2D eigenvalue weighted by Crippen LogP contribution is 2.31. The van der Waals surface area contributed by atoms with Gasteiger partial charge in [-0.2, -0.15) is 0 Å². The molecule has 0 unspecified atom stereocenters. The van der Waals surface area contributed by atoms with Crippen molar-refractivity contribution in [2.24, 2.45) is 5.92 Å². The summed E-state index contributed by atoms with van der Waals surface area (Å²) in [5.41, 5.74) is 1.14. The molecule has 1 aliphatic heterocycles. The van der Waals surface area contributed by atoms with E-state index in [2.05, 4.69) is 27.3 Å². The van der Waals surface area contributed by atoms with Crippen molar-refractivity contribution >= 4 is 21.7 Å². The van der Waals surface area contributed by atoms with Crippen molar-refractivity contribution in [3.63, 3.8) is 0 Å². The molecule has 0 spiro atoms. The van der Waals surface area contributed by atoms with Crippen molar-refractivity contribution in [1.82, 2.24) is 5.32 Å². The second kappa shape index (κ2) is 5.95. The van der Waals surface area contributed by atoms with Gasteiger partial charge in [-0.05, 0) is 11.6 Å². The number of hydrogen-bond acceptors (Lipinski definition) is 3. The fourth-order valence-corrected chi connectivity index (χ4v) is 2.96. The molecular formula is C14H18BrNO2. The number of carbonyl (C=O) groups excluding carboxylic acids is 1. The first-order chi connectivity index (χ1) is 8.63. The summed E-state index contributed by atoms with van der Waals surface area (Å²) in [6, 6.07) is 8.20. The van der Waals surface area contributed by atoms with E-state index >= 15 is 0 Å². The molecular weight excluding hydrogens is 294 g/mol. The van der Waals surface area contributed by atoms with Crippen LogP contribution >= 0.6 is 15.9 Å². The minimum Gasteiger partial charge on any atom is -0.383 e. The maximum atomic E-state index is 12.1. The number of methoxy groups -OCH3 is 1. The minimum atomic E-state index is 0.0173. The first-order valence-electron chi connectivity index (χ1n) is 6.15. The van der Waals surface area contributed by atoms with Gasteiger partial charge >= 0.3 is 0 Å². The molecule has 1 aliphatic rings. The first-order valence-corrected chi connectivity index (χ1v) is 6.95. The van der Waals surface area contributed by atoms with Crippen LogP contribution < -0.4 is 5.32 Å².